The van der Waals surface area contributed by atoms with Crippen LogP contribution >= 0.6 is 24.0 Å². The zero-order valence-electron chi connectivity index (χ0n) is 19.4. The smallest absolute Gasteiger partial charge is 0.224 e. The number of anilines is 1. The monoisotopic (exact) mass is 545 g/mol. The van der Waals surface area contributed by atoms with Gasteiger partial charge in [-0.1, -0.05) is 32.9 Å². The average Bonchev–Trinajstić information content (AvgIpc) is 2.73. The number of carbonyl (C=O) groups is 1. The van der Waals surface area contributed by atoms with E-state index in [2.05, 4.69) is 41.6 Å². The number of hydrogen-bond donors (Lipinski definition) is 3. The van der Waals surface area contributed by atoms with Gasteiger partial charge in [-0.15, -0.1) is 24.0 Å². The number of halogens is 1. The van der Waals surface area contributed by atoms with Crippen molar-refractivity contribution in [1.29, 1.82) is 0 Å². The molecule has 0 saturated carbocycles. The number of aliphatic imine (C=N–C) groups is 1. The maximum Gasteiger partial charge on any atom is 0.224 e. The summed E-state index contributed by atoms with van der Waals surface area (Å²) in [6.07, 6.45) is 1.38. The molecule has 1 aromatic carbocycles. The lowest BCUT2D eigenvalue weighted by atomic mass is 10.0. The van der Waals surface area contributed by atoms with Crippen LogP contribution in [0.2, 0.25) is 0 Å². The Balaban J connectivity index is 0.00000480. The second-order valence-corrected chi connectivity index (χ2v) is 8.03. The van der Waals surface area contributed by atoms with E-state index in [1.807, 2.05) is 31.2 Å². The van der Waals surface area contributed by atoms with Crippen LogP contribution in [0.1, 0.15) is 46.1 Å². The van der Waals surface area contributed by atoms with Crippen molar-refractivity contribution in [2.24, 2.45) is 10.9 Å². The van der Waals surface area contributed by atoms with Gasteiger partial charge in [0.1, 0.15) is 0 Å². The molecule has 176 valence electrons. The summed E-state index contributed by atoms with van der Waals surface area (Å²) < 4.78 is 5.50. The summed E-state index contributed by atoms with van der Waals surface area (Å²) in [4.78, 5) is 19.1. The van der Waals surface area contributed by atoms with E-state index in [4.69, 9.17) is 9.73 Å². The summed E-state index contributed by atoms with van der Waals surface area (Å²) in [5.41, 5.74) is 1.89. The van der Waals surface area contributed by atoms with E-state index in [9.17, 15) is 4.79 Å². The summed E-state index contributed by atoms with van der Waals surface area (Å²) in [6.45, 7) is 14.4. The van der Waals surface area contributed by atoms with Gasteiger partial charge in [0.05, 0.1) is 19.8 Å². The molecule has 3 N–H and O–H groups in total. The van der Waals surface area contributed by atoms with Crippen LogP contribution in [0.3, 0.4) is 0 Å². The highest BCUT2D eigenvalue weighted by atomic mass is 127. The molecule has 1 saturated heterocycles. The molecule has 0 aromatic heterocycles. The van der Waals surface area contributed by atoms with Gasteiger partial charge in [-0.3, -0.25) is 9.69 Å². The minimum absolute atomic E-state index is 0. The van der Waals surface area contributed by atoms with E-state index in [0.29, 0.717) is 24.9 Å². The molecule has 0 spiro atoms. The van der Waals surface area contributed by atoms with E-state index < -0.39 is 0 Å². The Hall–Kier alpha value is -1.39. The Morgan fingerprint density at radius 3 is 2.58 bits per heavy atom. The molecule has 1 aliphatic rings. The molecule has 1 fully saturated rings. The topological polar surface area (TPSA) is 78.0 Å². The first-order valence-corrected chi connectivity index (χ1v) is 11.3. The van der Waals surface area contributed by atoms with Crippen LogP contribution in [-0.4, -0.2) is 62.2 Å². The largest absolute Gasteiger partial charge is 0.379 e. The molecule has 0 aliphatic carbocycles. The lowest BCUT2D eigenvalue weighted by Gasteiger charge is -2.37. The molecule has 1 aromatic rings. The third-order valence-corrected chi connectivity index (χ3v) is 5.21. The van der Waals surface area contributed by atoms with Gasteiger partial charge in [0.25, 0.3) is 0 Å². The van der Waals surface area contributed by atoms with E-state index in [-0.39, 0.29) is 29.9 Å². The molecule has 8 heteroatoms. The van der Waals surface area contributed by atoms with Crippen molar-refractivity contribution in [3.05, 3.63) is 29.8 Å². The first kappa shape index (κ1) is 27.6. The normalized spacial score (nSPS) is 15.8. The molecule has 2 rings (SSSR count). The Bertz CT molecular complexity index is 678. The number of nitrogens with zero attached hydrogens (tertiary/aromatic N) is 2. The molecular formula is C23H40IN5O2. The number of guanidine groups is 1. The summed E-state index contributed by atoms with van der Waals surface area (Å²) in [7, 11) is 0. The van der Waals surface area contributed by atoms with Crippen molar-refractivity contribution >= 4 is 41.5 Å². The zero-order valence-corrected chi connectivity index (χ0v) is 21.8. The van der Waals surface area contributed by atoms with Crippen molar-refractivity contribution in [2.45, 2.75) is 53.1 Å². The number of hydrogen-bond acceptors (Lipinski definition) is 4. The number of carbonyl (C=O) groups excluding carboxylic acids is 1. The van der Waals surface area contributed by atoms with Gasteiger partial charge in [-0.05, 0) is 37.0 Å². The first-order valence-electron chi connectivity index (χ1n) is 11.3. The molecule has 1 aliphatic heterocycles. The second kappa shape index (κ2) is 15.4. The van der Waals surface area contributed by atoms with Crippen molar-refractivity contribution in [2.75, 3.05) is 44.7 Å². The predicted octanol–water partition coefficient (Wildman–Crippen LogP) is 3.46. The SMILES string of the molecule is CCCC(=O)Nc1cccc(CN=C(NCC)NCC(C(C)C)N2CCOCC2)c1.I. The van der Waals surface area contributed by atoms with Gasteiger partial charge in [0.2, 0.25) is 5.91 Å². The number of benzene rings is 1. The molecule has 7 nitrogen and oxygen atoms in total. The number of ether oxygens (including phenoxy) is 1. The Labute approximate surface area is 204 Å². The van der Waals surface area contributed by atoms with Crippen LogP contribution in [0.15, 0.2) is 29.3 Å². The predicted molar refractivity (Wildman–Crippen MR) is 139 cm³/mol. The fourth-order valence-electron chi connectivity index (χ4n) is 3.61. The lowest BCUT2D eigenvalue weighted by molar-refractivity contribution is -0.116. The highest BCUT2D eigenvalue weighted by Crippen LogP contribution is 2.13. The van der Waals surface area contributed by atoms with Gasteiger partial charge in [0.15, 0.2) is 5.96 Å². The van der Waals surface area contributed by atoms with Gasteiger partial charge < -0.3 is 20.7 Å². The lowest BCUT2D eigenvalue weighted by Crippen LogP contribution is -2.52. The number of rotatable bonds is 10. The van der Waals surface area contributed by atoms with Crippen LogP contribution in [-0.2, 0) is 16.1 Å². The molecule has 1 unspecified atom stereocenters. The first-order chi connectivity index (χ1) is 14.5. The van der Waals surface area contributed by atoms with Gasteiger partial charge in [-0.2, -0.15) is 0 Å². The maximum atomic E-state index is 11.8. The van der Waals surface area contributed by atoms with Crippen LogP contribution in [0.5, 0.6) is 0 Å². The molecular weight excluding hydrogens is 505 g/mol. The maximum absolute atomic E-state index is 11.8. The number of nitrogens with one attached hydrogen (secondary N) is 3. The molecule has 0 radical (unpaired) electrons. The van der Waals surface area contributed by atoms with E-state index in [0.717, 1.165) is 63.0 Å². The number of amides is 1. The highest BCUT2D eigenvalue weighted by Gasteiger charge is 2.23. The zero-order chi connectivity index (χ0) is 21.8. The molecule has 1 heterocycles. The molecule has 0 bridgehead atoms. The molecule has 1 amide bonds. The Morgan fingerprint density at radius 1 is 1.19 bits per heavy atom. The summed E-state index contributed by atoms with van der Waals surface area (Å²) >= 11 is 0. The van der Waals surface area contributed by atoms with Crippen molar-refractivity contribution in [1.82, 2.24) is 15.5 Å². The average molecular weight is 546 g/mol. The standard InChI is InChI=1S/C23H39N5O2.HI/c1-5-8-22(29)27-20-10-7-9-19(15-20)16-25-23(24-6-2)26-17-21(18(3)4)28-11-13-30-14-12-28;/h7,9-10,15,18,21H,5-6,8,11-14,16-17H2,1-4H3,(H,27,29)(H2,24,25,26);1H. The summed E-state index contributed by atoms with van der Waals surface area (Å²) in [6, 6.07) is 8.34. The third-order valence-electron chi connectivity index (χ3n) is 5.21. The second-order valence-electron chi connectivity index (χ2n) is 8.03. The Morgan fingerprint density at radius 2 is 1.94 bits per heavy atom. The van der Waals surface area contributed by atoms with E-state index in [1.165, 1.54) is 0 Å². The van der Waals surface area contributed by atoms with Crippen molar-refractivity contribution in [3.8, 4) is 0 Å². The molecule has 31 heavy (non-hydrogen) atoms. The fourth-order valence-corrected chi connectivity index (χ4v) is 3.61. The van der Waals surface area contributed by atoms with E-state index in [1.54, 1.807) is 0 Å². The van der Waals surface area contributed by atoms with Gasteiger partial charge >= 0.3 is 0 Å². The summed E-state index contributed by atoms with van der Waals surface area (Å²) in [5, 5.41) is 9.81. The van der Waals surface area contributed by atoms with E-state index >= 15 is 0 Å². The van der Waals surface area contributed by atoms with Gasteiger partial charge in [0, 0.05) is 44.3 Å². The summed E-state index contributed by atoms with van der Waals surface area (Å²) in [5.74, 6) is 1.41. The highest BCUT2D eigenvalue weighted by molar-refractivity contribution is 14.0. The third kappa shape index (κ3) is 10.2. The Kier molecular flexibility index (Phi) is 13.7. The van der Waals surface area contributed by atoms with Crippen LogP contribution in [0.25, 0.3) is 0 Å². The minimum atomic E-state index is 0. The van der Waals surface area contributed by atoms with Crippen LogP contribution in [0, 0.1) is 5.92 Å². The molecule has 1 atom stereocenters. The van der Waals surface area contributed by atoms with Crippen molar-refractivity contribution in [3.63, 3.8) is 0 Å². The van der Waals surface area contributed by atoms with Gasteiger partial charge in [-0.25, -0.2) is 4.99 Å². The number of morpholine rings is 1. The minimum Gasteiger partial charge on any atom is -0.379 e. The van der Waals surface area contributed by atoms with Crippen LogP contribution < -0.4 is 16.0 Å². The quantitative estimate of drug-likeness (QED) is 0.239. The fraction of sp³-hybridized carbons (Fsp3) is 0.652. The van der Waals surface area contributed by atoms with Crippen LogP contribution in [0.4, 0.5) is 5.69 Å². The van der Waals surface area contributed by atoms with Crippen molar-refractivity contribution < 1.29 is 9.53 Å².